The molecule has 10 heteroatoms. The SMILES string of the molecule is COc1ccc2c(OCc3nnc4ccc(-c5ccc(C(=O)O)c(F)c5)nn34)ccnc2c1. The quantitative estimate of drug-likeness (QED) is 0.420. The van der Waals surface area contributed by atoms with E-state index in [1.54, 1.807) is 31.5 Å². The van der Waals surface area contributed by atoms with Crippen molar-refractivity contribution < 1.29 is 23.8 Å². The summed E-state index contributed by atoms with van der Waals surface area (Å²) in [5.74, 6) is -0.423. The molecule has 5 rings (SSSR count). The molecule has 0 atom stereocenters. The van der Waals surface area contributed by atoms with Gasteiger partial charge in [-0.1, -0.05) is 6.07 Å². The monoisotopic (exact) mass is 445 g/mol. The van der Waals surface area contributed by atoms with Gasteiger partial charge in [-0.15, -0.1) is 10.2 Å². The number of nitrogens with zero attached hydrogens (tertiary/aromatic N) is 5. The Morgan fingerprint density at radius 3 is 2.76 bits per heavy atom. The van der Waals surface area contributed by atoms with Crippen molar-refractivity contribution in [2.75, 3.05) is 7.11 Å². The fourth-order valence-electron chi connectivity index (χ4n) is 3.42. The molecule has 5 aromatic rings. The second-order valence-corrected chi connectivity index (χ2v) is 7.09. The molecule has 2 aromatic carbocycles. The van der Waals surface area contributed by atoms with E-state index in [-0.39, 0.29) is 6.61 Å². The van der Waals surface area contributed by atoms with Gasteiger partial charge in [0.05, 0.1) is 23.9 Å². The van der Waals surface area contributed by atoms with Crippen molar-refractivity contribution in [3.8, 4) is 22.8 Å². The van der Waals surface area contributed by atoms with Gasteiger partial charge in [0.2, 0.25) is 0 Å². The number of fused-ring (bicyclic) bond motifs is 2. The number of benzene rings is 2. The number of halogens is 1. The first-order chi connectivity index (χ1) is 16.0. The number of carbonyl (C=O) groups is 1. The average Bonchev–Trinajstić information content (AvgIpc) is 3.24. The van der Waals surface area contributed by atoms with Crippen molar-refractivity contribution in [1.29, 1.82) is 0 Å². The molecule has 0 aliphatic heterocycles. The van der Waals surface area contributed by atoms with Crippen molar-refractivity contribution in [1.82, 2.24) is 24.8 Å². The van der Waals surface area contributed by atoms with Crippen LogP contribution in [0.2, 0.25) is 0 Å². The lowest BCUT2D eigenvalue weighted by atomic mass is 10.1. The summed E-state index contributed by atoms with van der Waals surface area (Å²) < 4.78 is 26.9. The molecule has 3 aromatic heterocycles. The molecule has 0 saturated heterocycles. The number of hydrogen-bond donors (Lipinski definition) is 1. The smallest absolute Gasteiger partial charge is 0.338 e. The number of carboxylic acid groups (broad SMARTS) is 1. The Labute approximate surface area is 186 Å². The zero-order chi connectivity index (χ0) is 22.9. The van der Waals surface area contributed by atoms with Crippen molar-refractivity contribution in [2.45, 2.75) is 6.61 Å². The van der Waals surface area contributed by atoms with Crippen LogP contribution in [0.25, 0.3) is 27.8 Å². The normalized spacial score (nSPS) is 11.1. The Balaban J connectivity index is 1.45. The lowest BCUT2D eigenvalue weighted by Gasteiger charge is -2.09. The standard InChI is InChI=1S/C23H16FN5O4/c1-32-14-3-5-16-19(11-14)25-9-8-20(16)33-12-22-27-26-21-7-6-18(28-29(21)22)13-2-4-15(23(30)31)17(24)10-13/h2-11H,12H2,1H3,(H,30,31). The third kappa shape index (κ3) is 3.78. The van der Waals surface area contributed by atoms with Gasteiger partial charge in [-0.05, 0) is 42.5 Å². The number of rotatable bonds is 6. The summed E-state index contributed by atoms with van der Waals surface area (Å²) in [5.41, 5.74) is 1.67. The van der Waals surface area contributed by atoms with E-state index in [2.05, 4.69) is 20.3 Å². The summed E-state index contributed by atoms with van der Waals surface area (Å²) in [7, 11) is 1.59. The maximum Gasteiger partial charge on any atom is 0.338 e. The minimum absolute atomic E-state index is 0.0784. The third-order valence-electron chi connectivity index (χ3n) is 5.09. The summed E-state index contributed by atoms with van der Waals surface area (Å²) in [6, 6.07) is 14.5. The molecule has 0 radical (unpaired) electrons. The van der Waals surface area contributed by atoms with E-state index in [0.717, 1.165) is 17.0 Å². The van der Waals surface area contributed by atoms with Crippen LogP contribution in [0, 0.1) is 5.82 Å². The van der Waals surface area contributed by atoms with Gasteiger partial charge < -0.3 is 14.6 Å². The van der Waals surface area contributed by atoms with Crippen molar-refractivity contribution in [3.05, 3.63) is 78.0 Å². The zero-order valence-electron chi connectivity index (χ0n) is 17.3. The highest BCUT2D eigenvalue weighted by Crippen LogP contribution is 2.28. The third-order valence-corrected chi connectivity index (χ3v) is 5.09. The van der Waals surface area contributed by atoms with E-state index in [1.165, 1.54) is 16.6 Å². The Bertz CT molecular complexity index is 1520. The van der Waals surface area contributed by atoms with Gasteiger partial charge in [0.15, 0.2) is 11.5 Å². The molecule has 0 unspecified atom stereocenters. The largest absolute Gasteiger partial charge is 0.497 e. The molecule has 3 heterocycles. The molecule has 0 fully saturated rings. The van der Waals surface area contributed by atoms with Crippen LogP contribution in [0.1, 0.15) is 16.2 Å². The van der Waals surface area contributed by atoms with Crippen LogP contribution < -0.4 is 9.47 Å². The molecule has 164 valence electrons. The molecule has 0 aliphatic rings. The maximum atomic E-state index is 14.1. The number of hydrogen-bond acceptors (Lipinski definition) is 7. The summed E-state index contributed by atoms with van der Waals surface area (Å²) in [5, 5.41) is 22.6. The lowest BCUT2D eigenvalue weighted by Crippen LogP contribution is -2.05. The summed E-state index contributed by atoms with van der Waals surface area (Å²) in [6.45, 7) is 0.0784. The van der Waals surface area contributed by atoms with Gasteiger partial charge in [-0.25, -0.2) is 9.18 Å². The fourth-order valence-corrected chi connectivity index (χ4v) is 3.42. The number of pyridine rings is 1. The van der Waals surface area contributed by atoms with Crippen molar-refractivity contribution in [3.63, 3.8) is 0 Å². The van der Waals surface area contributed by atoms with E-state index in [9.17, 15) is 9.18 Å². The first-order valence-corrected chi connectivity index (χ1v) is 9.83. The van der Waals surface area contributed by atoms with Crippen LogP contribution in [-0.4, -0.2) is 43.0 Å². The highest BCUT2D eigenvalue weighted by molar-refractivity contribution is 5.88. The van der Waals surface area contributed by atoms with E-state index in [0.29, 0.717) is 34.2 Å². The van der Waals surface area contributed by atoms with Crippen LogP contribution in [0.5, 0.6) is 11.5 Å². The summed E-state index contributed by atoms with van der Waals surface area (Å²) >= 11 is 0. The molecule has 33 heavy (non-hydrogen) atoms. The molecule has 9 nitrogen and oxygen atoms in total. The second-order valence-electron chi connectivity index (χ2n) is 7.09. The van der Waals surface area contributed by atoms with E-state index < -0.39 is 17.3 Å². The van der Waals surface area contributed by atoms with Crippen LogP contribution in [-0.2, 0) is 6.61 Å². The molecular formula is C23H16FN5O4. The highest BCUT2D eigenvalue weighted by Gasteiger charge is 2.14. The zero-order valence-corrected chi connectivity index (χ0v) is 17.3. The van der Waals surface area contributed by atoms with Gasteiger partial charge in [-0.3, -0.25) is 4.98 Å². The highest BCUT2D eigenvalue weighted by atomic mass is 19.1. The number of carboxylic acids is 1. The van der Waals surface area contributed by atoms with E-state index in [4.69, 9.17) is 14.6 Å². The number of methoxy groups -OCH3 is 1. The molecule has 0 bridgehead atoms. The van der Waals surface area contributed by atoms with Gasteiger partial charge in [0.25, 0.3) is 0 Å². The Morgan fingerprint density at radius 2 is 1.97 bits per heavy atom. The van der Waals surface area contributed by atoms with E-state index >= 15 is 0 Å². The molecule has 0 saturated carbocycles. The van der Waals surface area contributed by atoms with Crippen LogP contribution in [0.4, 0.5) is 4.39 Å². The fraction of sp³-hybridized carbons (Fsp3) is 0.0870. The molecule has 0 spiro atoms. The first kappa shape index (κ1) is 20.3. The predicted octanol–water partition coefficient (Wildman–Crippen LogP) is 3.76. The molecule has 0 aliphatic carbocycles. The maximum absolute atomic E-state index is 14.1. The van der Waals surface area contributed by atoms with Crippen molar-refractivity contribution in [2.24, 2.45) is 0 Å². The topological polar surface area (TPSA) is 112 Å². The van der Waals surface area contributed by atoms with Crippen molar-refractivity contribution >= 4 is 22.5 Å². The lowest BCUT2D eigenvalue weighted by molar-refractivity contribution is 0.0692. The van der Waals surface area contributed by atoms with Gasteiger partial charge >= 0.3 is 5.97 Å². The number of aromatic carboxylic acids is 1. The minimum Gasteiger partial charge on any atom is -0.497 e. The first-order valence-electron chi connectivity index (χ1n) is 9.83. The van der Waals surface area contributed by atoms with Gasteiger partial charge in [0.1, 0.15) is 23.9 Å². The second kappa shape index (κ2) is 8.15. The van der Waals surface area contributed by atoms with E-state index in [1.807, 2.05) is 18.2 Å². The number of aromatic nitrogens is 5. The summed E-state index contributed by atoms with van der Waals surface area (Å²) in [6.07, 6.45) is 1.64. The Hall–Kier alpha value is -4.60. The molecule has 0 amide bonds. The van der Waals surface area contributed by atoms with Crippen LogP contribution in [0.3, 0.4) is 0 Å². The summed E-state index contributed by atoms with van der Waals surface area (Å²) in [4.78, 5) is 15.4. The molecule has 1 N–H and O–H groups in total. The Morgan fingerprint density at radius 1 is 1.09 bits per heavy atom. The van der Waals surface area contributed by atoms with Gasteiger partial charge in [-0.2, -0.15) is 9.61 Å². The average molecular weight is 445 g/mol. The number of ether oxygens (including phenoxy) is 2. The predicted molar refractivity (Wildman–Crippen MR) is 116 cm³/mol. The molecular weight excluding hydrogens is 429 g/mol. The van der Waals surface area contributed by atoms with Crippen LogP contribution in [0.15, 0.2) is 60.8 Å². The minimum atomic E-state index is -1.33. The van der Waals surface area contributed by atoms with Crippen LogP contribution >= 0.6 is 0 Å². The Kier molecular flexibility index (Phi) is 5.02. The van der Waals surface area contributed by atoms with Gasteiger partial charge in [0, 0.05) is 23.2 Å².